The van der Waals surface area contributed by atoms with Crippen LogP contribution in [0.3, 0.4) is 0 Å². The van der Waals surface area contributed by atoms with E-state index in [-0.39, 0.29) is 36.8 Å². The van der Waals surface area contributed by atoms with Crippen molar-refractivity contribution in [2.24, 2.45) is 0 Å². The highest BCUT2D eigenvalue weighted by atomic mass is 32.2. The van der Waals surface area contributed by atoms with Crippen molar-refractivity contribution in [1.82, 2.24) is 4.90 Å². The van der Waals surface area contributed by atoms with E-state index in [1.807, 2.05) is 74.5 Å². The number of methoxy groups -OCH3 is 1. The summed E-state index contributed by atoms with van der Waals surface area (Å²) >= 11 is 0.878. The monoisotopic (exact) mass is 582 g/mol. The molecule has 0 spiro atoms. The van der Waals surface area contributed by atoms with Crippen LogP contribution in [0.2, 0.25) is 0 Å². The number of carbonyl (C=O) groups excluding carboxylic acids is 3. The number of aryl methyl sites for hydroxylation is 2. The highest BCUT2D eigenvalue weighted by molar-refractivity contribution is 8.18. The number of hydrogen-bond acceptors (Lipinski definition) is 7. The Morgan fingerprint density at radius 2 is 1.71 bits per heavy atom. The third-order valence-electron chi connectivity index (χ3n) is 6.70. The zero-order valence-corrected chi connectivity index (χ0v) is 24.3. The molecule has 8 nitrogen and oxygen atoms in total. The Hall–Kier alpha value is -4.76. The number of anilines is 1. The van der Waals surface area contributed by atoms with Gasteiger partial charge in [-0.2, -0.15) is 0 Å². The molecule has 0 atom stereocenters. The van der Waals surface area contributed by atoms with Gasteiger partial charge >= 0.3 is 0 Å². The molecule has 1 aliphatic heterocycles. The van der Waals surface area contributed by atoms with E-state index in [2.05, 4.69) is 5.32 Å². The van der Waals surface area contributed by atoms with Crippen LogP contribution in [-0.2, 0) is 9.59 Å². The highest BCUT2D eigenvalue weighted by Gasteiger charge is 2.34. The van der Waals surface area contributed by atoms with Crippen molar-refractivity contribution in [3.63, 3.8) is 0 Å². The number of amides is 3. The Balaban J connectivity index is 1.19. The molecule has 0 unspecified atom stereocenters. The van der Waals surface area contributed by atoms with Gasteiger partial charge in [0.15, 0.2) is 18.1 Å². The third kappa shape index (κ3) is 6.58. The lowest BCUT2D eigenvalue weighted by molar-refractivity contribution is -0.123. The lowest BCUT2D eigenvalue weighted by Gasteiger charge is -2.14. The molecule has 0 aromatic heterocycles. The van der Waals surface area contributed by atoms with Crippen LogP contribution >= 0.6 is 11.8 Å². The average molecular weight is 583 g/mol. The molecule has 1 fully saturated rings. The van der Waals surface area contributed by atoms with E-state index in [0.717, 1.165) is 39.3 Å². The van der Waals surface area contributed by atoms with Crippen LogP contribution in [0.25, 0.3) is 16.8 Å². The first-order valence-electron chi connectivity index (χ1n) is 13.4. The second-order valence-electron chi connectivity index (χ2n) is 9.72. The zero-order valence-electron chi connectivity index (χ0n) is 23.5. The summed E-state index contributed by atoms with van der Waals surface area (Å²) in [5.41, 5.74) is 3.45. The molecule has 0 radical (unpaired) electrons. The maximum atomic E-state index is 13.0. The molecule has 0 aliphatic carbocycles. The highest BCUT2D eigenvalue weighted by Crippen LogP contribution is 2.35. The van der Waals surface area contributed by atoms with Gasteiger partial charge in [0, 0.05) is 11.1 Å². The van der Waals surface area contributed by atoms with Gasteiger partial charge in [-0.25, -0.2) is 0 Å². The fourth-order valence-corrected chi connectivity index (χ4v) is 5.45. The number of fused-ring (bicyclic) bond motifs is 1. The van der Waals surface area contributed by atoms with Crippen molar-refractivity contribution in [3.05, 3.63) is 100 Å². The summed E-state index contributed by atoms with van der Waals surface area (Å²) in [6.45, 7) is 4.02. The van der Waals surface area contributed by atoms with Crippen LogP contribution < -0.4 is 19.5 Å². The lowest BCUT2D eigenvalue weighted by Crippen LogP contribution is -2.32. The number of ether oxygens (including phenoxy) is 3. The Morgan fingerprint density at radius 1 is 0.905 bits per heavy atom. The van der Waals surface area contributed by atoms with Crippen molar-refractivity contribution < 1.29 is 28.6 Å². The van der Waals surface area contributed by atoms with Gasteiger partial charge in [-0.1, -0.05) is 60.2 Å². The van der Waals surface area contributed by atoms with Crippen LogP contribution in [0.15, 0.2) is 83.8 Å². The van der Waals surface area contributed by atoms with E-state index in [9.17, 15) is 14.4 Å². The molecule has 4 aromatic carbocycles. The van der Waals surface area contributed by atoms with Crippen molar-refractivity contribution in [1.29, 1.82) is 0 Å². The summed E-state index contributed by atoms with van der Waals surface area (Å²) in [6, 6.07) is 24.5. The molecular weight excluding hydrogens is 552 g/mol. The minimum Gasteiger partial charge on any atom is -0.493 e. The maximum absolute atomic E-state index is 13.0. The second-order valence-corrected chi connectivity index (χ2v) is 10.7. The van der Waals surface area contributed by atoms with Crippen molar-refractivity contribution in [3.8, 4) is 17.2 Å². The number of rotatable bonds is 10. The smallest absolute Gasteiger partial charge is 0.293 e. The normalized spacial score (nSPS) is 14.0. The average Bonchev–Trinajstić information content (AvgIpc) is 3.25. The molecular formula is C33H30N2O6S. The summed E-state index contributed by atoms with van der Waals surface area (Å²) < 4.78 is 17.1. The first-order chi connectivity index (χ1) is 20.3. The molecule has 5 rings (SSSR count). The van der Waals surface area contributed by atoms with Crippen LogP contribution in [0.1, 0.15) is 16.7 Å². The van der Waals surface area contributed by atoms with Crippen LogP contribution in [-0.4, -0.2) is 48.8 Å². The first kappa shape index (κ1) is 28.8. The maximum Gasteiger partial charge on any atom is 0.293 e. The molecule has 214 valence electrons. The summed E-state index contributed by atoms with van der Waals surface area (Å²) in [5.74, 6) is 0.794. The fraction of sp³-hybridized carbons (Fsp3) is 0.182. The molecule has 1 N–H and O–H groups in total. The molecule has 0 saturated carbocycles. The van der Waals surface area contributed by atoms with E-state index >= 15 is 0 Å². The number of thioether (sulfide) groups is 1. The Labute approximate surface area is 248 Å². The van der Waals surface area contributed by atoms with Gasteiger partial charge in [-0.3, -0.25) is 19.3 Å². The number of imide groups is 1. The largest absolute Gasteiger partial charge is 0.493 e. The van der Waals surface area contributed by atoms with E-state index in [4.69, 9.17) is 14.2 Å². The van der Waals surface area contributed by atoms with E-state index < -0.39 is 0 Å². The van der Waals surface area contributed by atoms with Gasteiger partial charge in [0.05, 0.1) is 18.6 Å². The first-order valence-corrected chi connectivity index (χ1v) is 14.2. The van der Waals surface area contributed by atoms with E-state index in [1.165, 1.54) is 12.0 Å². The number of carbonyl (C=O) groups is 3. The quantitative estimate of drug-likeness (QED) is 0.211. The standard InChI is InChI=1S/C33H30N2O6S/c1-21-11-13-26(22(2)17-21)34-31(36)20-41-28-14-12-23(18-29(28)39-3)19-30-32(37)35(33(38)42-30)15-16-40-27-10-6-8-24-7-4-5-9-25(24)27/h4-14,17-19H,15-16,20H2,1-3H3,(H,34,36)/b30-19-. The lowest BCUT2D eigenvalue weighted by atomic mass is 10.1. The summed E-state index contributed by atoms with van der Waals surface area (Å²) in [4.78, 5) is 39.6. The SMILES string of the molecule is COc1cc(/C=C2\SC(=O)N(CCOc3cccc4ccccc34)C2=O)ccc1OCC(=O)Nc1ccc(C)cc1C. The van der Waals surface area contributed by atoms with Gasteiger partial charge in [0.25, 0.3) is 17.1 Å². The second kappa shape index (κ2) is 12.8. The van der Waals surface area contributed by atoms with E-state index in [0.29, 0.717) is 27.7 Å². The minimum atomic E-state index is -0.381. The van der Waals surface area contributed by atoms with Crippen molar-refractivity contribution >= 4 is 51.4 Å². The summed E-state index contributed by atoms with van der Waals surface area (Å²) in [5, 5.41) is 4.52. The van der Waals surface area contributed by atoms with Gasteiger partial charge in [-0.05, 0) is 72.5 Å². The number of nitrogens with zero attached hydrogens (tertiary/aromatic N) is 1. The molecule has 9 heteroatoms. The number of benzene rings is 4. The van der Waals surface area contributed by atoms with Gasteiger partial charge < -0.3 is 19.5 Å². The topological polar surface area (TPSA) is 94.2 Å². The van der Waals surface area contributed by atoms with Crippen LogP contribution in [0.4, 0.5) is 10.5 Å². The van der Waals surface area contributed by atoms with Crippen molar-refractivity contribution in [2.75, 3.05) is 32.2 Å². The van der Waals surface area contributed by atoms with Crippen LogP contribution in [0.5, 0.6) is 17.2 Å². The number of hydrogen-bond donors (Lipinski definition) is 1. The molecule has 0 bridgehead atoms. The van der Waals surface area contributed by atoms with Crippen LogP contribution in [0, 0.1) is 13.8 Å². The van der Waals surface area contributed by atoms with Crippen molar-refractivity contribution in [2.45, 2.75) is 13.8 Å². The molecule has 1 heterocycles. The predicted molar refractivity (Wildman–Crippen MR) is 165 cm³/mol. The molecule has 4 aromatic rings. The Morgan fingerprint density at radius 3 is 2.52 bits per heavy atom. The predicted octanol–water partition coefficient (Wildman–Crippen LogP) is 6.60. The zero-order chi connectivity index (χ0) is 29.6. The fourth-order valence-electron chi connectivity index (χ4n) is 4.59. The third-order valence-corrected chi connectivity index (χ3v) is 7.60. The van der Waals surface area contributed by atoms with E-state index in [1.54, 1.807) is 24.3 Å². The van der Waals surface area contributed by atoms with Gasteiger partial charge in [-0.15, -0.1) is 0 Å². The molecule has 3 amide bonds. The molecule has 1 saturated heterocycles. The van der Waals surface area contributed by atoms with Gasteiger partial charge in [0.1, 0.15) is 12.4 Å². The minimum absolute atomic E-state index is 0.130. The molecule has 42 heavy (non-hydrogen) atoms. The Bertz CT molecular complexity index is 1690. The summed E-state index contributed by atoms with van der Waals surface area (Å²) in [7, 11) is 1.49. The number of nitrogens with one attached hydrogen (secondary N) is 1. The van der Waals surface area contributed by atoms with Gasteiger partial charge in [0.2, 0.25) is 0 Å². The summed E-state index contributed by atoms with van der Waals surface area (Å²) in [6.07, 6.45) is 1.63. The Kier molecular flexibility index (Phi) is 8.78. The molecule has 1 aliphatic rings.